The molecule has 5 nitrogen and oxygen atoms in total. The smallest absolute Gasteiger partial charge is 0.229 e. The number of nitrogens with zero attached hydrogens (tertiary/aromatic N) is 2. The van der Waals surface area contributed by atoms with Crippen LogP contribution in [0.2, 0.25) is 0 Å². The van der Waals surface area contributed by atoms with E-state index in [2.05, 4.69) is 17.2 Å². The first-order valence-electron chi connectivity index (χ1n) is 8.22. The number of carbonyl (C=O) groups excluding carboxylic acids is 2. The van der Waals surface area contributed by atoms with Crippen LogP contribution in [0.4, 0.5) is 5.13 Å². The van der Waals surface area contributed by atoms with Crippen LogP contribution in [0.15, 0.2) is 5.38 Å². The van der Waals surface area contributed by atoms with Crippen molar-refractivity contribution in [2.24, 2.45) is 5.92 Å². The Hall–Kier alpha value is -1.43. The number of carbonyl (C=O) groups is 2. The molecule has 2 aliphatic rings. The summed E-state index contributed by atoms with van der Waals surface area (Å²) in [5, 5.41) is 5.34. The first kappa shape index (κ1) is 15.5. The molecule has 1 N–H and O–H groups in total. The SMILES string of the molecule is CC[C@@H]1CCCCN1C(=O)Cc1csc(NC(=O)C2CC2)n1. The van der Waals surface area contributed by atoms with Gasteiger partial charge in [-0.2, -0.15) is 0 Å². The highest BCUT2D eigenvalue weighted by molar-refractivity contribution is 7.13. The van der Waals surface area contributed by atoms with E-state index in [4.69, 9.17) is 0 Å². The minimum Gasteiger partial charge on any atom is -0.339 e. The highest BCUT2D eigenvalue weighted by atomic mass is 32.1. The molecule has 0 unspecified atom stereocenters. The summed E-state index contributed by atoms with van der Waals surface area (Å²) in [5.74, 6) is 0.402. The summed E-state index contributed by atoms with van der Waals surface area (Å²) in [5.41, 5.74) is 0.765. The highest BCUT2D eigenvalue weighted by Gasteiger charge is 2.30. The van der Waals surface area contributed by atoms with Crippen LogP contribution in [0.5, 0.6) is 0 Å². The summed E-state index contributed by atoms with van der Waals surface area (Å²) in [6.07, 6.45) is 6.75. The molecule has 0 aromatic carbocycles. The molecule has 120 valence electrons. The van der Waals surface area contributed by atoms with Gasteiger partial charge in [0.25, 0.3) is 0 Å². The molecule has 1 aromatic heterocycles. The maximum Gasteiger partial charge on any atom is 0.229 e. The lowest BCUT2D eigenvalue weighted by atomic mass is 9.99. The molecule has 1 saturated heterocycles. The Labute approximate surface area is 135 Å². The number of anilines is 1. The molecule has 1 saturated carbocycles. The monoisotopic (exact) mass is 321 g/mol. The summed E-state index contributed by atoms with van der Waals surface area (Å²) in [6.45, 7) is 3.01. The fourth-order valence-electron chi connectivity index (χ4n) is 3.01. The van der Waals surface area contributed by atoms with Gasteiger partial charge in [-0.05, 0) is 38.5 Å². The fraction of sp³-hybridized carbons (Fsp3) is 0.688. The Morgan fingerprint density at radius 3 is 2.91 bits per heavy atom. The van der Waals surface area contributed by atoms with Crippen LogP contribution in [-0.4, -0.2) is 34.3 Å². The number of aromatic nitrogens is 1. The van der Waals surface area contributed by atoms with Gasteiger partial charge in [0.1, 0.15) is 0 Å². The van der Waals surface area contributed by atoms with Crippen molar-refractivity contribution >= 4 is 28.3 Å². The van der Waals surface area contributed by atoms with Crippen LogP contribution in [0.3, 0.4) is 0 Å². The van der Waals surface area contributed by atoms with Gasteiger partial charge in [-0.15, -0.1) is 11.3 Å². The van der Waals surface area contributed by atoms with Gasteiger partial charge in [-0.25, -0.2) is 4.98 Å². The quantitative estimate of drug-likeness (QED) is 0.907. The Kier molecular flexibility index (Phi) is 4.76. The van der Waals surface area contributed by atoms with Gasteiger partial charge in [0.15, 0.2) is 5.13 Å². The number of hydrogen-bond acceptors (Lipinski definition) is 4. The zero-order valence-electron chi connectivity index (χ0n) is 13.0. The van der Waals surface area contributed by atoms with Crippen molar-refractivity contribution in [2.75, 3.05) is 11.9 Å². The van der Waals surface area contributed by atoms with Crippen molar-refractivity contribution in [2.45, 2.75) is 57.9 Å². The summed E-state index contributed by atoms with van der Waals surface area (Å²) in [7, 11) is 0. The third-order valence-corrected chi connectivity index (χ3v) is 5.29. The van der Waals surface area contributed by atoms with Crippen molar-refractivity contribution in [3.05, 3.63) is 11.1 Å². The molecule has 1 aromatic rings. The van der Waals surface area contributed by atoms with E-state index >= 15 is 0 Å². The topological polar surface area (TPSA) is 62.3 Å². The largest absolute Gasteiger partial charge is 0.339 e. The standard InChI is InChI=1S/C16H23N3O2S/c1-2-13-5-3-4-8-19(13)14(20)9-12-10-22-16(17-12)18-15(21)11-6-7-11/h10-11,13H,2-9H2,1H3,(H,17,18,21)/t13-/m1/s1. The first-order chi connectivity index (χ1) is 10.7. The lowest BCUT2D eigenvalue weighted by Gasteiger charge is -2.35. The zero-order valence-corrected chi connectivity index (χ0v) is 13.8. The van der Waals surface area contributed by atoms with Gasteiger partial charge in [0, 0.05) is 23.9 Å². The molecule has 0 spiro atoms. The maximum atomic E-state index is 12.5. The average molecular weight is 321 g/mol. The van der Waals surface area contributed by atoms with Crippen LogP contribution in [0, 0.1) is 5.92 Å². The van der Waals surface area contributed by atoms with Gasteiger partial charge in [0.2, 0.25) is 11.8 Å². The lowest BCUT2D eigenvalue weighted by Crippen LogP contribution is -2.44. The minimum atomic E-state index is 0.0642. The van der Waals surface area contributed by atoms with Crippen molar-refractivity contribution in [3.8, 4) is 0 Å². The van der Waals surface area contributed by atoms with E-state index < -0.39 is 0 Å². The molecule has 0 bridgehead atoms. The zero-order chi connectivity index (χ0) is 15.5. The molecule has 1 atom stereocenters. The second-order valence-electron chi connectivity index (χ2n) is 6.23. The van der Waals surface area contributed by atoms with Crippen LogP contribution in [0.25, 0.3) is 0 Å². The van der Waals surface area contributed by atoms with E-state index in [0.717, 1.165) is 44.3 Å². The van der Waals surface area contributed by atoms with Crippen molar-refractivity contribution in [3.63, 3.8) is 0 Å². The number of likely N-dealkylation sites (tertiary alicyclic amines) is 1. The predicted molar refractivity (Wildman–Crippen MR) is 86.8 cm³/mol. The lowest BCUT2D eigenvalue weighted by molar-refractivity contribution is -0.134. The number of thiazole rings is 1. The van der Waals surface area contributed by atoms with Crippen LogP contribution in [0.1, 0.15) is 51.1 Å². The molecule has 1 aliphatic carbocycles. The van der Waals surface area contributed by atoms with E-state index in [-0.39, 0.29) is 17.7 Å². The van der Waals surface area contributed by atoms with Gasteiger partial charge < -0.3 is 10.2 Å². The maximum absolute atomic E-state index is 12.5. The molecule has 2 fully saturated rings. The predicted octanol–water partition coefficient (Wildman–Crippen LogP) is 2.83. The summed E-state index contributed by atoms with van der Waals surface area (Å²) >= 11 is 1.40. The summed E-state index contributed by atoms with van der Waals surface area (Å²) < 4.78 is 0. The van der Waals surface area contributed by atoms with E-state index in [1.54, 1.807) is 0 Å². The summed E-state index contributed by atoms with van der Waals surface area (Å²) in [4.78, 5) is 30.6. The Balaban J connectivity index is 1.56. The second-order valence-corrected chi connectivity index (χ2v) is 7.09. The average Bonchev–Trinajstić information content (AvgIpc) is 3.30. The minimum absolute atomic E-state index is 0.0642. The number of piperidine rings is 1. The van der Waals surface area contributed by atoms with Crippen LogP contribution >= 0.6 is 11.3 Å². The van der Waals surface area contributed by atoms with E-state index in [1.165, 1.54) is 17.8 Å². The van der Waals surface area contributed by atoms with E-state index in [0.29, 0.717) is 17.6 Å². The van der Waals surface area contributed by atoms with Gasteiger partial charge in [-0.3, -0.25) is 9.59 Å². The van der Waals surface area contributed by atoms with Crippen LogP contribution in [-0.2, 0) is 16.0 Å². The number of nitrogens with one attached hydrogen (secondary N) is 1. The molecule has 2 amide bonds. The molecule has 1 aliphatic heterocycles. The number of hydrogen-bond donors (Lipinski definition) is 1. The van der Waals surface area contributed by atoms with E-state index in [9.17, 15) is 9.59 Å². The Bertz CT molecular complexity index is 553. The van der Waals surface area contributed by atoms with Gasteiger partial charge in [-0.1, -0.05) is 6.92 Å². The highest BCUT2D eigenvalue weighted by Crippen LogP contribution is 2.30. The first-order valence-corrected chi connectivity index (χ1v) is 9.10. The molecule has 6 heteroatoms. The molecular formula is C16H23N3O2S. The molecule has 0 radical (unpaired) electrons. The molecular weight excluding hydrogens is 298 g/mol. The second kappa shape index (κ2) is 6.77. The Morgan fingerprint density at radius 1 is 1.36 bits per heavy atom. The summed E-state index contributed by atoms with van der Waals surface area (Å²) in [6, 6.07) is 0.383. The number of amides is 2. The molecule has 3 rings (SSSR count). The van der Waals surface area contributed by atoms with Gasteiger partial charge >= 0.3 is 0 Å². The van der Waals surface area contributed by atoms with Crippen LogP contribution < -0.4 is 5.32 Å². The normalized spacial score (nSPS) is 21.7. The van der Waals surface area contributed by atoms with Crippen molar-refractivity contribution in [1.29, 1.82) is 0 Å². The third kappa shape index (κ3) is 3.66. The molecule has 22 heavy (non-hydrogen) atoms. The third-order valence-electron chi connectivity index (χ3n) is 4.48. The number of rotatable bonds is 5. The fourth-order valence-corrected chi connectivity index (χ4v) is 3.72. The van der Waals surface area contributed by atoms with Crippen molar-refractivity contribution < 1.29 is 9.59 Å². The van der Waals surface area contributed by atoms with Crippen molar-refractivity contribution in [1.82, 2.24) is 9.88 Å². The Morgan fingerprint density at radius 2 is 2.18 bits per heavy atom. The molecule has 2 heterocycles. The van der Waals surface area contributed by atoms with Gasteiger partial charge in [0.05, 0.1) is 12.1 Å². The van der Waals surface area contributed by atoms with E-state index in [1.807, 2.05) is 10.3 Å².